The van der Waals surface area contributed by atoms with Crippen LogP contribution in [0, 0.1) is 5.92 Å². The van der Waals surface area contributed by atoms with Crippen LogP contribution in [0.5, 0.6) is 0 Å². The molecular formula is C12H16N2O4. The minimum atomic E-state index is -2.03. The number of rotatable bonds is 5. The Morgan fingerprint density at radius 1 is 1.50 bits per heavy atom. The highest BCUT2D eigenvalue weighted by atomic mass is 16.5. The highest BCUT2D eigenvalue weighted by molar-refractivity contribution is 6.04. The Kier molecular flexibility index (Phi) is 4.38. The predicted molar refractivity (Wildman–Crippen MR) is 63.4 cm³/mol. The van der Waals surface area contributed by atoms with Gasteiger partial charge in [-0.2, -0.15) is 0 Å². The van der Waals surface area contributed by atoms with Crippen molar-refractivity contribution in [3.63, 3.8) is 0 Å². The molecule has 3 N–H and O–H groups in total. The molecule has 0 saturated heterocycles. The molecular weight excluding hydrogens is 236 g/mol. The molecule has 0 spiro atoms. The number of carboxylic acid groups (broad SMARTS) is 1. The number of carbonyl (C=O) groups excluding carboxylic acids is 1. The number of nitrogens with zero attached hydrogens (tertiary/aromatic N) is 1. The summed E-state index contributed by atoms with van der Waals surface area (Å²) in [6.45, 7) is 3.00. The van der Waals surface area contributed by atoms with Crippen molar-refractivity contribution in [2.75, 3.05) is 0 Å². The van der Waals surface area contributed by atoms with Crippen LogP contribution in [0.3, 0.4) is 0 Å². The molecule has 0 radical (unpaired) electrons. The summed E-state index contributed by atoms with van der Waals surface area (Å²) in [5.41, 5.74) is 4.09. The van der Waals surface area contributed by atoms with E-state index in [1.807, 2.05) is 0 Å². The second-order valence-electron chi connectivity index (χ2n) is 4.23. The van der Waals surface area contributed by atoms with Crippen molar-refractivity contribution in [1.29, 1.82) is 0 Å². The number of carboxylic acids is 1. The van der Waals surface area contributed by atoms with Crippen LogP contribution in [0.1, 0.15) is 19.5 Å². The van der Waals surface area contributed by atoms with Gasteiger partial charge in [-0.15, -0.1) is 0 Å². The highest BCUT2D eigenvalue weighted by Crippen LogP contribution is 2.17. The van der Waals surface area contributed by atoms with Crippen LogP contribution >= 0.6 is 0 Å². The summed E-state index contributed by atoms with van der Waals surface area (Å²) in [7, 11) is 0. The molecule has 18 heavy (non-hydrogen) atoms. The SMILES string of the molecule is CC(C)C(N)(C(=O)O)C(=O)OCc1ccccn1. The third kappa shape index (κ3) is 2.84. The van der Waals surface area contributed by atoms with Gasteiger partial charge >= 0.3 is 11.9 Å². The molecule has 0 bridgehead atoms. The Morgan fingerprint density at radius 2 is 2.17 bits per heavy atom. The van der Waals surface area contributed by atoms with Gasteiger partial charge in [-0.3, -0.25) is 4.98 Å². The lowest BCUT2D eigenvalue weighted by atomic mass is 9.88. The molecule has 1 rings (SSSR count). The molecule has 6 heteroatoms. The van der Waals surface area contributed by atoms with Crippen LogP contribution in [0.2, 0.25) is 0 Å². The van der Waals surface area contributed by atoms with E-state index in [1.54, 1.807) is 38.2 Å². The lowest BCUT2D eigenvalue weighted by Gasteiger charge is -2.26. The summed E-state index contributed by atoms with van der Waals surface area (Å²) in [5, 5.41) is 9.03. The van der Waals surface area contributed by atoms with Crippen molar-refractivity contribution >= 4 is 11.9 Å². The number of ether oxygens (including phenoxy) is 1. The van der Waals surface area contributed by atoms with E-state index in [0.717, 1.165) is 0 Å². The fourth-order valence-corrected chi connectivity index (χ4v) is 1.31. The first-order valence-electron chi connectivity index (χ1n) is 5.48. The van der Waals surface area contributed by atoms with Crippen LogP contribution < -0.4 is 5.73 Å². The summed E-state index contributed by atoms with van der Waals surface area (Å²) in [6.07, 6.45) is 1.55. The molecule has 1 heterocycles. The number of pyridine rings is 1. The lowest BCUT2D eigenvalue weighted by Crippen LogP contribution is -2.59. The van der Waals surface area contributed by atoms with Gasteiger partial charge in [0.25, 0.3) is 0 Å². The second kappa shape index (κ2) is 5.59. The largest absolute Gasteiger partial charge is 0.479 e. The van der Waals surface area contributed by atoms with E-state index >= 15 is 0 Å². The third-order valence-corrected chi connectivity index (χ3v) is 2.68. The maximum atomic E-state index is 11.8. The standard InChI is InChI=1S/C12H16N2O4/c1-8(2)12(13,10(15)16)11(17)18-7-9-5-3-4-6-14-9/h3-6,8H,7,13H2,1-2H3,(H,15,16). The van der Waals surface area contributed by atoms with Crippen LogP contribution in [-0.2, 0) is 20.9 Å². The van der Waals surface area contributed by atoms with Crippen LogP contribution in [0.25, 0.3) is 0 Å². The first kappa shape index (κ1) is 14.1. The monoisotopic (exact) mass is 252 g/mol. The minimum absolute atomic E-state index is 0.0986. The average Bonchev–Trinajstić information content (AvgIpc) is 2.35. The van der Waals surface area contributed by atoms with Gasteiger partial charge in [0.15, 0.2) is 0 Å². The summed E-state index contributed by atoms with van der Waals surface area (Å²) >= 11 is 0. The van der Waals surface area contributed by atoms with Crippen molar-refractivity contribution in [2.24, 2.45) is 11.7 Å². The Morgan fingerprint density at radius 3 is 2.61 bits per heavy atom. The number of aromatic nitrogens is 1. The first-order valence-corrected chi connectivity index (χ1v) is 5.48. The fourth-order valence-electron chi connectivity index (χ4n) is 1.31. The Labute approximate surface area is 105 Å². The van der Waals surface area contributed by atoms with Gasteiger partial charge in [0.2, 0.25) is 5.54 Å². The molecule has 6 nitrogen and oxygen atoms in total. The van der Waals surface area contributed by atoms with Gasteiger partial charge in [-0.1, -0.05) is 19.9 Å². The Hall–Kier alpha value is -1.95. The number of aliphatic carboxylic acids is 1. The van der Waals surface area contributed by atoms with Gasteiger partial charge in [-0.05, 0) is 18.1 Å². The molecule has 98 valence electrons. The predicted octanol–water partition coefficient (Wildman–Crippen LogP) is 0.563. The number of hydrogen-bond acceptors (Lipinski definition) is 5. The van der Waals surface area contributed by atoms with Gasteiger partial charge in [0.1, 0.15) is 6.61 Å². The van der Waals surface area contributed by atoms with E-state index in [1.165, 1.54) is 0 Å². The topological polar surface area (TPSA) is 103 Å². The quantitative estimate of drug-likeness (QED) is 0.586. The lowest BCUT2D eigenvalue weighted by molar-refractivity contribution is -0.164. The first-order chi connectivity index (χ1) is 8.39. The molecule has 0 aromatic carbocycles. The van der Waals surface area contributed by atoms with Crippen molar-refractivity contribution in [2.45, 2.75) is 26.0 Å². The zero-order chi connectivity index (χ0) is 13.8. The van der Waals surface area contributed by atoms with E-state index in [2.05, 4.69) is 4.98 Å². The number of esters is 1. The highest BCUT2D eigenvalue weighted by Gasteiger charge is 2.47. The number of nitrogens with two attached hydrogens (primary N) is 1. The van der Waals surface area contributed by atoms with Gasteiger partial charge in [-0.25, -0.2) is 9.59 Å². The van der Waals surface area contributed by atoms with E-state index in [9.17, 15) is 9.59 Å². The average molecular weight is 252 g/mol. The molecule has 1 aromatic rings. The molecule has 1 atom stereocenters. The molecule has 0 fully saturated rings. The molecule has 0 amide bonds. The van der Waals surface area contributed by atoms with Crippen LogP contribution in [-0.4, -0.2) is 27.6 Å². The van der Waals surface area contributed by atoms with Crippen LogP contribution in [0.15, 0.2) is 24.4 Å². The maximum absolute atomic E-state index is 11.8. The van der Waals surface area contributed by atoms with Crippen molar-refractivity contribution in [3.8, 4) is 0 Å². The van der Waals surface area contributed by atoms with Gasteiger partial charge < -0.3 is 15.6 Å². The molecule has 1 aromatic heterocycles. The van der Waals surface area contributed by atoms with E-state index in [-0.39, 0.29) is 6.61 Å². The summed E-state index contributed by atoms with van der Waals surface area (Å²) in [6, 6.07) is 5.14. The van der Waals surface area contributed by atoms with E-state index in [4.69, 9.17) is 15.6 Å². The summed E-state index contributed by atoms with van der Waals surface area (Å²) < 4.78 is 4.91. The van der Waals surface area contributed by atoms with Crippen molar-refractivity contribution in [1.82, 2.24) is 4.98 Å². The Bertz CT molecular complexity index is 433. The second-order valence-corrected chi connectivity index (χ2v) is 4.23. The van der Waals surface area contributed by atoms with Crippen LogP contribution in [0.4, 0.5) is 0 Å². The molecule has 0 aliphatic heterocycles. The molecule has 0 aliphatic carbocycles. The summed E-state index contributed by atoms with van der Waals surface area (Å²) in [4.78, 5) is 26.8. The smallest absolute Gasteiger partial charge is 0.338 e. The third-order valence-electron chi connectivity index (χ3n) is 2.68. The fraction of sp³-hybridized carbons (Fsp3) is 0.417. The van der Waals surface area contributed by atoms with Crippen molar-refractivity contribution in [3.05, 3.63) is 30.1 Å². The Balaban J connectivity index is 2.73. The van der Waals surface area contributed by atoms with Crippen molar-refractivity contribution < 1.29 is 19.4 Å². The molecule has 1 unspecified atom stereocenters. The maximum Gasteiger partial charge on any atom is 0.338 e. The van der Waals surface area contributed by atoms with Gasteiger partial charge in [0, 0.05) is 6.20 Å². The number of hydrogen-bond donors (Lipinski definition) is 2. The zero-order valence-electron chi connectivity index (χ0n) is 10.3. The minimum Gasteiger partial charge on any atom is -0.479 e. The molecule has 0 saturated carbocycles. The molecule has 0 aliphatic rings. The zero-order valence-corrected chi connectivity index (χ0v) is 10.3. The van der Waals surface area contributed by atoms with E-state index in [0.29, 0.717) is 5.69 Å². The normalized spacial score (nSPS) is 14.0. The summed E-state index contributed by atoms with van der Waals surface area (Å²) in [5.74, 6) is -2.94. The van der Waals surface area contributed by atoms with E-state index < -0.39 is 23.4 Å². The van der Waals surface area contributed by atoms with Gasteiger partial charge in [0.05, 0.1) is 5.69 Å². The number of carbonyl (C=O) groups is 2.